The zero-order valence-electron chi connectivity index (χ0n) is 9.89. The molecule has 3 nitrogen and oxygen atoms in total. The van der Waals surface area contributed by atoms with Crippen molar-refractivity contribution >= 4 is 11.3 Å². The number of ether oxygens (including phenoxy) is 1. The van der Waals surface area contributed by atoms with E-state index < -0.39 is 0 Å². The van der Waals surface area contributed by atoms with Crippen molar-refractivity contribution in [2.75, 3.05) is 0 Å². The van der Waals surface area contributed by atoms with Gasteiger partial charge in [0.25, 0.3) is 0 Å². The first kappa shape index (κ1) is 11.6. The van der Waals surface area contributed by atoms with Gasteiger partial charge in [0.05, 0.1) is 0 Å². The van der Waals surface area contributed by atoms with Gasteiger partial charge in [0, 0.05) is 29.1 Å². The standard InChI is InChI=1S/C13H13FN2OS/c1-7-6-18-13(16-7)12-5-10(15)9-4-8(14)2-3-11(9)17-12/h2-4,6,10,12H,5,15H2,1H3/t10-,12?/m1/s1. The molecule has 0 amide bonds. The third kappa shape index (κ3) is 2.00. The summed E-state index contributed by atoms with van der Waals surface area (Å²) in [5.41, 5.74) is 7.80. The average molecular weight is 264 g/mol. The Balaban J connectivity index is 1.94. The molecule has 18 heavy (non-hydrogen) atoms. The van der Waals surface area contributed by atoms with Gasteiger partial charge in [0.2, 0.25) is 0 Å². The summed E-state index contributed by atoms with van der Waals surface area (Å²) in [5, 5.41) is 2.92. The van der Waals surface area contributed by atoms with Crippen LogP contribution in [0.5, 0.6) is 5.75 Å². The molecule has 3 rings (SSSR count). The maximum Gasteiger partial charge on any atom is 0.152 e. The van der Waals surface area contributed by atoms with Gasteiger partial charge < -0.3 is 10.5 Å². The Bertz CT molecular complexity index is 584. The minimum absolute atomic E-state index is 0.128. The number of aryl methyl sites for hydroxylation is 1. The molecular weight excluding hydrogens is 251 g/mol. The highest BCUT2D eigenvalue weighted by Gasteiger charge is 2.29. The molecule has 1 aliphatic heterocycles. The molecule has 94 valence electrons. The number of benzene rings is 1. The Kier molecular flexibility index (Phi) is 2.80. The summed E-state index contributed by atoms with van der Waals surface area (Å²) >= 11 is 1.57. The molecular formula is C13H13FN2OS. The number of fused-ring (bicyclic) bond motifs is 1. The van der Waals surface area contributed by atoms with E-state index in [4.69, 9.17) is 10.5 Å². The van der Waals surface area contributed by atoms with Crippen LogP contribution in [0.15, 0.2) is 23.6 Å². The van der Waals surface area contributed by atoms with Crippen molar-refractivity contribution in [2.24, 2.45) is 5.73 Å². The van der Waals surface area contributed by atoms with Crippen LogP contribution in [-0.2, 0) is 0 Å². The van der Waals surface area contributed by atoms with Crippen LogP contribution < -0.4 is 10.5 Å². The summed E-state index contributed by atoms with van der Waals surface area (Å²) in [6.45, 7) is 1.95. The van der Waals surface area contributed by atoms with Crippen LogP contribution in [0.25, 0.3) is 0 Å². The molecule has 2 N–H and O–H groups in total. The maximum atomic E-state index is 13.2. The summed E-state index contributed by atoms with van der Waals surface area (Å²) in [6.07, 6.45) is 0.500. The zero-order valence-corrected chi connectivity index (χ0v) is 10.7. The molecule has 0 spiro atoms. The number of hydrogen-bond acceptors (Lipinski definition) is 4. The van der Waals surface area contributed by atoms with Gasteiger partial charge in [-0.25, -0.2) is 9.37 Å². The van der Waals surface area contributed by atoms with Gasteiger partial charge in [-0.3, -0.25) is 0 Å². The number of thiazole rings is 1. The molecule has 0 bridgehead atoms. The van der Waals surface area contributed by atoms with Crippen molar-refractivity contribution in [2.45, 2.75) is 25.5 Å². The van der Waals surface area contributed by atoms with Gasteiger partial charge in [-0.05, 0) is 25.1 Å². The molecule has 2 atom stereocenters. The summed E-state index contributed by atoms with van der Waals surface area (Å²) in [5.74, 6) is 0.379. The van der Waals surface area contributed by atoms with E-state index in [9.17, 15) is 4.39 Å². The molecule has 0 aliphatic carbocycles. The number of nitrogens with zero attached hydrogens (tertiary/aromatic N) is 1. The molecule has 0 fully saturated rings. The SMILES string of the molecule is Cc1csc(C2C[C@@H](N)c3cc(F)ccc3O2)n1. The third-order valence-corrected chi connectivity index (χ3v) is 4.08. The summed E-state index contributed by atoms with van der Waals surface area (Å²) in [7, 11) is 0. The van der Waals surface area contributed by atoms with Crippen LogP contribution in [-0.4, -0.2) is 4.98 Å². The monoisotopic (exact) mass is 264 g/mol. The fourth-order valence-corrected chi connectivity index (χ4v) is 2.98. The first-order valence-electron chi connectivity index (χ1n) is 5.77. The Labute approximate surface area is 108 Å². The van der Waals surface area contributed by atoms with Crippen molar-refractivity contribution in [1.29, 1.82) is 0 Å². The van der Waals surface area contributed by atoms with Gasteiger partial charge in [0.1, 0.15) is 16.6 Å². The van der Waals surface area contributed by atoms with Crippen LogP contribution in [0.4, 0.5) is 4.39 Å². The van der Waals surface area contributed by atoms with Crippen LogP contribution in [0.2, 0.25) is 0 Å². The molecule has 1 aliphatic rings. The van der Waals surface area contributed by atoms with E-state index in [1.807, 2.05) is 12.3 Å². The Morgan fingerprint density at radius 1 is 1.50 bits per heavy atom. The topological polar surface area (TPSA) is 48.1 Å². The van der Waals surface area contributed by atoms with Crippen molar-refractivity contribution in [3.8, 4) is 5.75 Å². The first-order chi connectivity index (χ1) is 8.63. The Morgan fingerprint density at radius 2 is 2.33 bits per heavy atom. The largest absolute Gasteiger partial charge is 0.483 e. The van der Waals surface area contributed by atoms with Crippen molar-refractivity contribution in [3.63, 3.8) is 0 Å². The quantitative estimate of drug-likeness (QED) is 0.861. The minimum Gasteiger partial charge on any atom is -0.483 e. The van der Waals surface area contributed by atoms with Crippen LogP contribution in [0.3, 0.4) is 0 Å². The molecule has 1 aromatic carbocycles. The number of hydrogen-bond donors (Lipinski definition) is 1. The number of nitrogens with two attached hydrogens (primary N) is 1. The van der Waals surface area contributed by atoms with E-state index in [2.05, 4.69) is 4.98 Å². The lowest BCUT2D eigenvalue weighted by molar-refractivity contribution is 0.160. The van der Waals surface area contributed by atoms with E-state index in [0.29, 0.717) is 12.2 Å². The summed E-state index contributed by atoms with van der Waals surface area (Å²) < 4.78 is 19.0. The highest BCUT2D eigenvalue weighted by molar-refractivity contribution is 7.09. The highest BCUT2D eigenvalue weighted by atomic mass is 32.1. The number of aromatic nitrogens is 1. The molecule has 5 heteroatoms. The molecule has 1 unspecified atom stereocenters. The average Bonchev–Trinajstić information content (AvgIpc) is 2.77. The lowest BCUT2D eigenvalue weighted by Crippen LogP contribution is -2.24. The molecule has 1 aromatic heterocycles. The van der Waals surface area contributed by atoms with Crippen LogP contribution in [0.1, 0.15) is 34.8 Å². The fraction of sp³-hybridized carbons (Fsp3) is 0.308. The molecule has 2 heterocycles. The highest BCUT2D eigenvalue weighted by Crippen LogP contribution is 2.40. The molecule has 0 saturated carbocycles. The lowest BCUT2D eigenvalue weighted by atomic mass is 9.97. The summed E-state index contributed by atoms with van der Waals surface area (Å²) in [6, 6.07) is 4.26. The summed E-state index contributed by atoms with van der Waals surface area (Å²) in [4.78, 5) is 4.42. The molecule has 0 radical (unpaired) electrons. The Morgan fingerprint density at radius 3 is 3.06 bits per heavy atom. The van der Waals surface area contributed by atoms with E-state index in [1.54, 1.807) is 17.4 Å². The normalized spacial score (nSPS) is 22.4. The van der Waals surface area contributed by atoms with Gasteiger partial charge in [-0.1, -0.05) is 0 Å². The zero-order chi connectivity index (χ0) is 12.7. The smallest absolute Gasteiger partial charge is 0.152 e. The van der Waals surface area contributed by atoms with Crippen molar-refractivity contribution in [3.05, 3.63) is 45.7 Å². The van der Waals surface area contributed by atoms with Crippen LogP contribution >= 0.6 is 11.3 Å². The maximum absolute atomic E-state index is 13.2. The van der Waals surface area contributed by atoms with Gasteiger partial charge in [-0.15, -0.1) is 11.3 Å². The van der Waals surface area contributed by atoms with Gasteiger partial charge >= 0.3 is 0 Å². The van der Waals surface area contributed by atoms with Crippen molar-refractivity contribution < 1.29 is 9.13 Å². The van der Waals surface area contributed by atoms with Gasteiger partial charge in [0.15, 0.2) is 6.10 Å². The molecule has 0 saturated heterocycles. The Hall–Kier alpha value is -1.46. The minimum atomic E-state index is -0.281. The van der Waals surface area contributed by atoms with Crippen molar-refractivity contribution in [1.82, 2.24) is 4.98 Å². The number of rotatable bonds is 1. The molecule has 2 aromatic rings. The predicted octanol–water partition coefficient (Wildman–Crippen LogP) is 3.11. The third-order valence-electron chi connectivity index (χ3n) is 3.02. The van der Waals surface area contributed by atoms with E-state index in [-0.39, 0.29) is 18.0 Å². The van der Waals surface area contributed by atoms with Gasteiger partial charge in [-0.2, -0.15) is 0 Å². The second-order valence-corrected chi connectivity index (χ2v) is 5.35. The van der Waals surface area contributed by atoms with E-state index in [1.165, 1.54) is 12.1 Å². The van der Waals surface area contributed by atoms with E-state index >= 15 is 0 Å². The lowest BCUT2D eigenvalue weighted by Gasteiger charge is -2.29. The fourth-order valence-electron chi connectivity index (χ4n) is 2.15. The van der Waals surface area contributed by atoms with Crippen LogP contribution in [0, 0.1) is 12.7 Å². The second-order valence-electron chi connectivity index (χ2n) is 4.46. The first-order valence-corrected chi connectivity index (χ1v) is 6.65. The number of halogens is 1. The second kappa shape index (κ2) is 4.33. The van der Waals surface area contributed by atoms with E-state index in [0.717, 1.165) is 16.3 Å². The predicted molar refractivity (Wildman–Crippen MR) is 68.2 cm³/mol.